The quantitative estimate of drug-likeness (QED) is 0.0493. The number of fused-ring (bicyclic) bond motifs is 3. The van der Waals surface area contributed by atoms with Crippen LogP contribution in [-0.2, 0) is 12.8 Å². The Morgan fingerprint density at radius 1 is 0.312 bits per heavy atom. The fourth-order valence-corrected chi connectivity index (χ4v) is 7.75. The van der Waals surface area contributed by atoms with Crippen molar-refractivity contribution in [2.45, 2.75) is 219 Å². The lowest BCUT2D eigenvalue weighted by Crippen LogP contribution is -1.95. The molecule has 2 heteroatoms. The second-order valence-electron chi connectivity index (χ2n) is 15.2. The number of aromatic nitrogens is 2. The molecule has 0 saturated heterocycles. The van der Waals surface area contributed by atoms with Crippen LogP contribution in [0.25, 0.3) is 21.8 Å². The van der Waals surface area contributed by atoms with Crippen LogP contribution in [-0.4, -0.2) is 9.97 Å². The summed E-state index contributed by atoms with van der Waals surface area (Å²) in [7, 11) is 0. The molecule has 2 nitrogen and oxygen atoms in total. The molecule has 0 unspecified atom stereocenters. The zero-order chi connectivity index (χ0) is 33.7. The van der Waals surface area contributed by atoms with E-state index in [1.54, 1.807) is 0 Å². The van der Waals surface area contributed by atoms with E-state index in [-0.39, 0.29) is 0 Å². The SMILES string of the molecule is CCCCCCCCCCCCCCCCCc1ccnc2c1ccc1c(CCCCCCCCCCCCCCCCC)ccnc12. The molecule has 0 aliphatic rings. The number of unbranched alkanes of at least 4 members (excludes halogenated alkanes) is 28. The summed E-state index contributed by atoms with van der Waals surface area (Å²) in [4.78, 5) is 9.69. The van der Waals surface area contributed by atoms with E-state index in [2.05, 4.69) is 38.1 Å². The summed E-state index contributed by atoms with van der Waals surface area (Å²) in [6, 6.07) is 9.17. The minimum Gasteiger partial charge on any atom is -0.254 e. The molecule has 0 aliphatic heterocycles. The summed E-state index contributed by atoms with van der Waals surface area (Å²) in [5, 5.41) is 2.62. The van der Waals surface area contributed by atoms with Gasteiger partial charge >= 0.3 is 0 Å². The number of aryl methyl sites for hydroxylation is 2. The number of rotatable bonds is 32. The van der Waals surface area contributed by atoms with Crippen molar-refractivity contribution < 1.29 is 0 Å². The van der Waals surface area contributed by atoms with Gasteiger partial charge in [0, 0.05) is 23.2 Å². The Kier molecular flexibility index (Phi) is 23.5. The lowest BCUT2D eigenvalue weighted by atomic mass is 9.97. The molecule has 1 aromatic carbocycles. The second kappa shape index (κ2) is 27.8. The molecule has 2 aromatic heterocycles. The molecule has 2 heterocycles. The first-order chi connectivity index (χ1) is 23.8. The first kappa shape index (κ1) is 40.5. The molecule has 0 bridgehead atoms. The minimum atomic E-state index is 1.10. The molecule has 0 spiro atoms. The van der Waals surface area contributed by atoms with E-state index in [9.17, 15) is 0 Å². The van der Waals surface area contributed by atoms with E-state index in [4.69, 9.17) is 9.97 Å². The molecule has 0 N–H and O–H groups in total. The maximum absolute atomic E-state index is 4.85. The normalized spacial score (nSPS) is 11.7. The first-order valence-electron chi connectivity index (χ1n) is 21.5. The number of nitrogens with zero attached hydrogens (tertiary/aromatic N) is 2. The van der Waals surface area contributed by atoms with Crippen LogP contribution in [0.2, 0.25) is 0 Å². The molecule has 0 saturated carbocycles. The molecule has 0 atom stereocenters. The van der Waals surface area contributed by atoms with Gasteiger partial charge in [0.25, 0.3) is 0 Å². The molecule has 270 valence electrons. The summed E-state index contributed by atoms with van der Waals surface area (Å²) in [6.07, 6.45) is 48.8. The summed E-state index contributed by atoms with van der Waals surface area (Å²) in [5.74, 6) is 0. The Balaban J connectivity index is 1.26. The number of hydrogen-bond donors (Lipinski definition) is 0. The monoisotopic (exact) mass is 657 g/mol. The van der Waals surface area contributed by atoms with Crippen LogP contribution in [0.5, 0.6) is 0 Å². The Morgan fingerprint density at radius 3 is 0.833 bits per heavy atom. The van der Waals surface area contributed by atoms with Crippen LogP contribution < -0.4 is 0 Å². The summed E-state index contributed by atoms with van der Waals surface area (Å²) >= 11 is 0. The van der Waals surface area contributed by atoms with E-state index in [1.165, 1.54) is 215 Å². The zero-order valence-electron chi connectivity index (χ0n) is 32.0. The molecule has 0 amide bonds. The highest BCUT2D eigenvalue weighted by Gasteiger charge is 2.10. The van der Waals surface area contributed by atoms with Gasteiger partial charge in [-0.3, -0.25) is 9.97 Å². The van der Waals surface area contributed by atoms with Crippen LogP contribution in [0.3, 0.4) is 0 Å². The first-order valence-corrected chi connectivity index (χ1v) is 21.5. The summed E-state index contributed by atoms with van der Waals surface area (Å²) in [5.41, 5.74) is 5.10. The van der Waals surface area contributed by atoms with Crippen molar-refractivity contribution in [1.82, 2.24) is 9.97 Å². The van der Waals surface area contributed by atoms with Crippen molar-refractivity contribution in [3.8, 4) is 0 Å². The largest absolute Gasteiger partial charge is 0.254 e. The number of hydrogen-bond acceptors (Lipinski definition) is 2. The van der Waals surface area contributed by atoms with Gasteiger partial charge in [0.05, 0.1) is 11.0 Å². The Morgan fingerprint density at radius 2 is 0.562 bits per heavy atom. The van der Waals surface area contributed by atoms with Crippen LogP contribution >= 0.6 is 0 Å². The maximum atomic E-state index is 4.85. The molecular formula is C46H76N2. The Bertz CT molecular complexity index is 1090. The van der Waals surface area contributed by atoms with Gasteiger partial charge in [-0.1, -0.05) is 206 Å². The third kappa shape index (κ3) is 17.1. The average Bonchev–Trinajstić information content (AvgIpc) is 3.11. The van der Waals surface area contributed by atoms with E-state index in [1.807, 2.05) is 12.4 Å². The van der Waals surface area contributed by atoms with Crippen molar-refractivity contribution in [2.75, 3.05) is 0 Å². The Labute approximate surface area is 298 Å². The van der Waals surface area contributed by atoms with E-state index >= 15 is 0 Å². The highest BCUT2D eigenvalue weighted by Crippen LogP contribution is 2.28. The summed E-state index contributed by atoms with van der Waals surface area (Å²) in [6.45, 7) is 4.61. The molecule has 0 fully saturated rings. The predicted octanol–water partition coefficient (Wildman–Crippen LogP) is 15.6. The Hall–Kier alpha value is -1.96. The van der Waals surface area contributed by atoms with Crippen LogP contribution in [0.15, 0.2) is 36.7 Å². The number of pyridine rings is 2. The number of benzene rings is 1. The topological polar surface area (TPSA) is 25.8 Å². The van der Waals surface area contributed by atoms with Gasteiger partial charge in [-0.2, -0.15) is 0 Å². The highest BCUT2D eigenvalue weighted by molar-refractivity contribution is 6.04. The lowest BCUT2D eigenvalue weighted by molar-refractivity contribution is 0.532. The maximum Gasteiger partial charge on any atom is 0.0967 e. The third-order valence-corrected chi connectivity index (χ3v) is 10.9. The fraction of sp³-hybridized carbons (Fsp3) is 0.739. The van der Waals surface area contributed by atoms with E-state index < -0.39 is 0 Å². The van der Waals surface area contributed by atoms with Crippen LogP contribution in [0.1, 0.15) is 218 Å². The predicted molar refractivity (Wildman–Crippen MR) is 214 cm³/mol. The third-order valence-electron chi connectivity index (χ3n) is 10.9. The summed E-state index contributed by atoms with van der Waals surface area (Å²) < 4.78 is 0. The van der Waals surface area contributed by atoms with Gasteiger partial charge in [-0.15, -0.1) is 0 Å². The van der Waals surface area contributed by atoms with Gasteiger partial charge in [-0.05, 0) is 48.9 Å². The van der Waals surface area contributed by atoms with Crippen LogP contribution in [0.4, 0.5) is 0 Å². The van der Waals surface area contributed by atoms with Crippen molar-refractivity contribution in [3.05, 3.63) is 47.8 Å². The molecule has 0 radical (unpaired) electrons. The average molecular weight is 657 g/mol. The van der Waals surface area contributed by atoms with Gasteiger partial charge in [0.15, 0.2) is 0 Å². The van der Waals surface area contributed by atoms with E-state index in [0.29, 0.717) is 0 Å². The van der Waals surface area contributed by atoms with Gasteiger partial charge in [0.1, 0.15) is 0 Å². The van der Waals surface area contributed by atoms with Gasteiger partial charge < -0.3 is 0 Å². The van der Waals surface area contributed by atoms with Crippen molar-refractivity contribution in [3.63, 3.8) is 0 Å². The van der Waals surface area contributed by atoms with Crippen molar-refractivity contribution >= 4 is 21.8 Å². The minimum absolute atomic E-state index is 1.10. The smallest absolute Gasteiger partial charge is 0.0967 e. The van der Waals surface area contributed by atoms with Crippen molar-refractivity contribution in [1.29, 1.82) is 0 Å². The van der Waals surface area contributed by atoms with E-state index in [0.717, 1.165) is 23.9 Å². The molecular weight excluding hydrogens is 581 g/mol. The highest BCUT2D eigenvalue weighted by atomic mass is 14.7. The molecule has 3 aromatic rings. The second-order valence-corrected chi connectivity index (χ2v) is 15.2. The van der Waals surface area contributed by atoms with Crippen LogP contribution in [0, 0.1) is 0 Å². The van der Waals surface area contributed by atoms with Gasteiger partial charge in [0.2, 0.25) is 0 Å². The lowest BCUT2D eigenvalue weighted by Gasteiger charge is -2.11. The molecule has 3 rings (SSSR count). The standard InChI is InChI=1S/C46H76N2/c1-3-5-7-9-11-13-15-17-19-21-23-25-27-29-31-33-41-37-39-47-45-43(41)35-36-44-42(38-40-48-46(44)45)34-32-30-28-26-24-22-20-18-16-14-12-10-8-6-4-2/h35-40H,3-34H2,1-2H3. The molecule has 0 aliphatic carbocycles. The molecule has 48 heavy (non-hydrogen) atoms. The van der Waals surface area contributed by atoms with Crippen molar-refractivity contribution in [2.24, 2.45) is 0 Å². The van der Waals surface area contributed by atoms with Gasteiger partial charge in [-0.25, -0.2) is 0 Å². The fourth-order valence-electron chi connectivity index (χ4n) is 7.75. The zero-order valence-corrected chi connectivity index (χ0v) is 32.0.